The number of carbonyl (C=O) groups is 2. The molecule has 1 heterocycles. The molecule has 3 N–H and O–H groups in total. The molecule has 1 aromatic heterocycles. The number of anilines is 1. The third-order valence-corrected chi connectivity index (χ3v) is 2.82. The van der Waals surface area contributed by atoms with Crippen molar-refractivity contribution in [1.82, 2.24) is 4.90 Å². The van der Waals surface area contributed by atoms with Crippen LogP contribution in [0, 0.1) is 0 Å². The van der Waals surface area contributed by atoms with Crippen LogP contribution in [0.5, 0.6) is 5.75 Å². The molecular formula is C14H14N2O5. The molecule has 110 valence electrons. The van der Waals surface area contributed by atoms with Crippen molar-refractivity contribution in [2.75, 3.05) is 12.4 Å². The second-order valence-electron chi connectivity index (χ2n) is 4.45. The number of nitrogens with one attached hydrogen (secondary N) is 1. The highest BCUT2D eigenvalue weighted by Gasteiger charge is 2.16. The molecular weight excluding hydrogens is 276 g/mol. The minimum absolute atomic E-state index is 0.115. The Kier molecular flexibility index (Phi) is 4.13. The van der Waals surface area contributed by atoms with Gasteiger partial charge in [0.05, 0.1) is 30.3 Å². The lowest BCUT2D eigenvalue weighted by molar-refractivity contribution is 0.0697. The fourth-order valence-electron chi connectivity index (χ4n) is 1.76. The Morgan fingerprint density at radius 2 is 2.10 bits per heavy atom. The third kappa shape index (κ3) is 3.53. The summed E-state index contributed by atoms with van der Waals surface area (Å²) in [7, 11) is 1.57. The number of rotatable bonds is 4. The number of furan rings is 1. The zero-order chi connectivity index (χ0) is 15.4. The lowest BCUT2D eigenvalue weighted by Gasteiger charge is -2.18. The fourth-order valence-corrected chi connectivity index (χ4v) is 1.76. The lowest BCUT2D eigenvalue weighted by Crippen LogP contribution is -2.31. The second-order valence-corrected chi connectivity index (χ2v) is 4.45. The van der Waals surface area contributed by atoms with Gasteiger partial charge in [0.15, 0.2) is 0 Å². The molecule has 0 fully saturated rings. The summed E-state index contributed by atoms with van der Waals surface area (Å²) in [6.07, 6.45) is 3.02. The van der Waals surface area contributed by atoms with E-state index < -0.39 is 12.0 Å². The summed E-state index contributed by atoms with van der Waals surface area (Å²) in [5.74, 6) is -1.42. The van der Waals surface area contributed by atoms with E-state index >= 15 is 0 Å². The Hall–Kier alpha value is -2.96. The molecule has 0 atom stereocenters. The van der Waals surface area contributed by atoms with E-state index in [1.54, 1.807) is 13.1 Å². The third-order valence-electron chi connectivity index (χ3n) is 2.82. The van der Waals surface area contributed by atoms with Crippen LogP contribution < -0.4 is 5.32 Å². The number of benzene rings is 1. The van der Waals surface area contributed by atoms with Gasteiger partial charge < -0.3 is 24.8 Å². The number of carboxylic acids is 1. The van der Waals surface area contributed by atoms with Crippen LogP contribution in [-0.4, -0.2) is 34.2 Å². The Morgan fingerprint density at radius 3 is 2.71 bits per heavy atom. The van der Waals surface area contributed by atoms with Gasteiger partial charge in [-0.25, -0.2) is 9.59 Å². The highest BCUT2D eigenvalue weighted by atomic mass is 16.4. The number of urea groups is 1. The topological polar surface area (TPSA) is 103 Å². The van der Waals surface area contributed by atoms with Gasteiger partial charge in [-0.05, 0) is 24.3 Å². The molecule has 0 aliphatic rings. The van der Waals surface area contributed by atoms with Crippen LogP contribution in [0.3, 0.4) is 0 Å². The predicted octanol–water partition coefficient (Wildman–Crippen LogP) is 2.35. The van der Waals surface area contributed by atoms with Crippen molar-refractivity contribution in [2.24, 2.45) is 0 Å². The molecule has 7 heteroatoms. The van der Waals surface area contributed by atoms with E-state index in [9.17, 15) is 14.7 Å². The molecule has 0 saturated carbocycles. The second kappa shape index (κ2) is 6.00. The average molecular weight is 290 g/mol. The maximum atomic E-state index is 12.0. The molecule has 0 aliphatic heterocycles. The predicted molar refractivity (Wildman–Crippen MR) is 74.3 cm³/mol. The molecule has 0 unspecified atom stereocenters. The van der Waals surface area contributed by atoms with Gasteiger partial charge in [-0.3, -0.25) is 0 Å². The molecule has 2 aromatic rings. The SMILES string of the molecule is CN(Cc1ccoc1)C(=O)Nc1ccc(O)cc1C(=O)O. The van der Waals surface area contributed by atoms with E-state index in [4.69, 9.17) is 9.52 Å². The summed E-state index contributed by atoms with van der Waals surface area (Å²) >= 11 is 0. The zero-order valence-corrected chi connectivity index (χ0v) is 11.2. The van der Waals surface area contributed by atoms with Crippen molar-refractivity contribution in [1.29, 1.82) is 0 Å². The molecule has 2 rings (SSSR count). The Labute approximate surface area is 120 Å². The summed E-state index contributed by atoms with van der Waals surface area (Å²) in [6, 6.07) is 4.98. The molecule has 7 nitrogen and oxygen atoms in total. The average Bonchev–Trinajstić information content (AvgIpc) is 2.93. The monoisotopic (exact) mass is 290 g/mol. The van der Waals surface area contributed by atoms with Crippen molar-refractivity contribution in [2.45, 2.75) is 6.54 Å². The van der Waals surface area contributed by atoms with E-state index in [1.165, 1.54) is 29.6 Å². The summed E-state index contributed by atoms with van der Waals surface area (Å²) in [4.78, 5) is 24.5. The van der Waals surface area contributed by atoms with Crippen LogP contribution in [0.2, 0.25) is 0 Å². The van der Waals surface area contributed by atoms with Crippen molar-refractivity contribution >= 4 is 17.7 Å². The molecule has 0 aliphatic carbocycles. The van der Waals surface area contributed by atoms with E-state index in [1.807, 2.05) is 0 Å². The van der Waals surface area contributed by atoms with Gasteiger partial charge in [0.25, 0.3) is 0 Å². The fraction of sp³-hybridized carbons (Fsp3) is 0.143. The minimum atomic E-state index is -1.24. The molecule has 2 amide bonds. The summed E-state index contributed by atoms with van der Waals surface area (Å²) in [5, 5.41) is 20.9. The maximum Gasteiger partial charge on any atom is 0.337 e. The van der Waals surface area contributed by atoms with Crippen LogP contribution in [-0.2, 0) is 6.54 Å². The van der Waals surface area contributed by atoms with Crippen LogP contribution in [0.25, 0.3) is 0 Å². The number of carboxylic acid groups (broad SMARTS) is 1. The highest BCUT2D eigenvalue weighted by molar-refractivity contribution is 6.00. The van der Waals surface area contributed by atoms with Gasteiger partial charge >= 0.3 is 12.0 Å². The quantitative estimate of drug-likeness (QED) is 0.750. The largest absolute Gasteiger partial charge is 0.508 e. The van der Waals surface area contributed by atoms with E-state index in [2.05, 4.69) is 5.32 Å². The minimum Gasteiger partial charge on any atom is -0.508 e. The van der Waals surface area contributed by atoms with Gasteiger partial charge in [-0.1, -0.05) is 0 Å². The normalized spacial score (nSPS) is 10.1. The van der Waals surface area contributed by atoms with Crippen LogP contribution in [0.1, 0.15) is 15.9 Å². The first-order valence-electron chi connectivity index (χ1n) is 6.07. The number of carbonyl (C=O) groups excluding carboxylic acids is 1. The van der Waals surface area contributed by atoms with Gasteiger partial charge in [0.2, 0.25) is 0 Å². The number of phenolic OH excluding ortho intramolecular Hbond substituents is 1. The molecule has 0 spiro atoms. The van der Waals surface area contributed by atoms with Crippen molar-refractivity contribution in [3.63, 3.8) is 0 Å². The summed E-state index contributed by atoms with van der Waals surface area (Å²) in [5.41, 5.74) is 0.751. The lowest BCUT2D eigenvalue weighted by atomic mass is 10.1. The molecule has 21 heavy (non-hydrogen) atoms. The Bertz CT molecular complexity index is 651. The van der Waals surface area contributed by atoms with Crippen molar-refractivity contribution < 1.29 is 24.2 Å². The highest BCUT2D eigenvalue weighted by Crippen LogP contribution is 2.21. The number of phenols is 1. The summed E-state index contributed by atoms with van der Waals surface area (Å²) < 4.78 is 4.91. The van der Waals surface area contributed by atoms with Gasteiger partial charge in [-0.15, -0.1) is 0 Å². The first kappa shape index (κ1) is 14.4. The maximum absolute atomic E-state index is 12.0. The first-order chi connectivity index (χ1) is 9.97. The van der Waals surface area contributed by atoms with E-state index in [0.29, 0.717) is 6.54 Å². The number of hydrogen-bond donors (Lipinski definition) is 3. The molecule has 0 saturated heterocycles. The van der Waals surface area contributed by atoms with Crippen molar-refractivity contribution in [3.8, 4) is 5.75 Å². The van der Waals surface area contributed by atoms with Crippen LogP contribution >= 0.6 is 0 Å². The van der Waals surface area contributed by atoms with Crippen LogP contribution in [0.4, 0.5) is 10.5 Å². The van der Waals surface area contributed by atoms with E-state index in [0.717, 1.165) is 11.6 Å². The molecule has 0 bridgehead atoms. The van der Waals surface area contributed by atoms with Gasteiger partial charge in [0.1, 0.15) is 5.75 Å². The molecule has 0 radical (unpaired) electrons. The summed E-state index contributed by atoms with van der Waals surface area (Å²) in [6.45, 7) is 0.322. The van der Waals surface area contributed by atoms with Gasteiger partial charge in [0, 0.05) is 12.6 Å². The van der Waals surface area contributed by atoms with E-state index in [-0.39, 0.29) is 17.0 Å². The molecule has 1 aromatic carbocycles. The number of nitrogens with zero attached hydrogens (tertiary/aromatic N) is 1. The Balaban J connectivity index is 2.10. The number of hydrogen-bond acceptors (Lipinski definition) is 4. The Morgan fingerprint density at radius 1 is 1.33 bits per heavy atom. The smallest absolute Gasteiger partial charge is 0.337 e. The van der Waals surface area contributed by atoms with Crippen molar-refractivity contribution in [3.05, 3.63) is 47.9 Å². The number of aromatic carboxylic acids is 1. The number of amides is 2. The standard InChI is InChI=1S/C14H14N2O5/c1-16(7-9-4-5-21-8-9)14(20)15-12-3-2-10(17)6-11(12)13(18)19/h2-6,8,17H,7H2,1H3,(H,15,20)(H,18,19). The van der Waals surface area contributed by atoms with Gasteiger partial charge in [-0.2, -0.15) is 0 Å². The zero-order valence-electron chi connectivity index (χ0n) is 11.2. The first-order valence-corrected chi connectivity index (χ1v) is 6.07. The number of aromatic hydroxyl groups is 1. The van der Waals surface area contributed by atoms with Crippen LogP contribution in [0.15, 0.2) is 41.2 Å².